The Morgan fingerprint density at radius 1 is 0.941 bits per heavy atom. The van der Waals surface area contributed by atoms with Gasteiger partial charge in [-0.1, -0.05) is 0 Å². The molecule has 0 radical (unpaired) electrons. The minimum absolute atomic E-state index is 0.215. The van der Waals surface area contributed by atoms with Gasteiger partial charge in [-0.05, 0) is 0 Å². The molecule has 17 heavy (non-hydrogen) atoms. The summed E-state index contributed by atoms with van der Waals surface area (Å²) in [5, 5.41) is 16.9. The van der Waals surface area contributed by atoms with Crippen LogP contribution in [0.15, 0.2) is 0 Å². The van der Waals surface area contributed by atoms with Crippen molar-refractivity contribution in [2.45, 2.75) is 12.8 Å². The number of hydrogen-bond acceptors (Lipinski definition) is 5. The normalized spacial score (nSPS) is 18.0. The fourth-order valence-corrected chi connectivity index (χ4v) is 5.82. The molecule has 9 heteroatoms. The van der Waals surface area contributed by atoms with Crippen molar-refractivity contribution >= 4 is 26.7 Å². The maximum Gasteiger partial charge on any atom is 0.303 e. The molecule has 0 aromatic carbocycles. The third kappa shape index (κ3) is 9.10. The highest BCUT2D eigenvalue weighted by atomic mass is 31.2. The van der Waals surface area contributed by atoms with E-state index in [0.717, 1.165) is 0 Å². The summed E-state index contributed by atoms with van der Waals surface area (Å²) in [7, 11) is -6.53. The van der Waals surface area contributed by atoms with Crippen molar-refractivity contribution in [2.24, 2.45) is 0 Å². The van der Waals surface area contributed by atoms with Gasteiger partial charge in [0.2, 0.25) is 14.7 Å². The van der Waals surface area contributed by atoms with E-state index >= 15 is 0 Å². The van der Waals surface area contributed by atoms with Crippen LogP contribution in [0.5, 0.6) is 0 Å². The second-order valence-corrected chi connectivity index (χ2v) is 9.45. The molecule has 100 valence electrons. The van der Waals surface area contributed by atoms with Crippen LogP contribution < -0.4 is 0 Å². The highest BCUT2D eigenvalue weighted by Gasteiger charge is 2.28. The van der Waals surface area contributed by atoms with Gasteiger partial charge < -0.3 is 10.2 Å². The van der Waals surface area contributed by atoms with Crippen molar-refractivity contribution in [1.29, 1.82) is 0 Å². The fourth-order valence-electron chi connectivity index (χ4n) is 1.04. The maximum absolute atomic E-state index is 11.8. The Balaban J connectivity index is 4.37. The van der Waals surface area contributed by atoms with Gasteiger partial charge in [-0.15, -0.1) is 0 Å². The highest BCUT2D eigenvalue weighted by molar-refractivity contribution is 7.71. The molecule has 0 aliphatic heterocycles. The quantitative estimate of drug-likeness (QED) is 0.652. The summed E-state index contributed by atoms with van der Waals surface area (Å²) in [6, 6.07) is 0. The molecule has 0 fully saturated rings. The molecule has 0 aromatic rings. The van der Waals surface area contributed by atoms with Gasteiger partial charge in [-0.2, -0.15) is 0 Å². The van der Waals surface area contributed by atoms with Crippen LogP contribution in [0.25, 0.3) is 0 Å². The van der Waals surface area contributed by atoms with Crippen LogP contribution in [-0.4, -0.2) is 47.8 Å². The van der Waals surface area contributed by atoms with E-state index < -0.39 is 26.7 Å². The lowest BCUT2D eigenvalue weighted by molar-refractivity contribution is -0.137. The Hall–Kier alpha value is -0.640. The molecule has 7 nitrogen and oxygen atoms in total. The molecule has 2 N–H and O–H groups in total. The Morgan fingerprint density at radius 2 is 1.24 bits per heavy atom. The average molecular weight is 286 g/mol. The Morgan fingerprint density at radius 3 is 1.47 bits per heavy atom. The minimum atomic E-state index is -3.26. The molecule has 2 atom stereocenters. The van der Waals surface area contributed by atoms with Crippen molar-refractivity contribution in [3.8, 4) is 0 Å². The zero-order valence-corrected chi connectivity index (χ0v) is 11.4. The first-order valence-electron chi connectivity index (χ1n) is 4.82. The van der Waals surface area contributed by atoms with Gasteiger partial charge in [0, 0.05) is 25.7 Å². The van der Waals surface area contributed by atoms with Crippen LogP contribution in [0.4, 0.5) is 0 Å². The predicted molar refractivity (Wildman–Crippen MR) is 62.4 cm³/mol. The summed E-state index contributed by atoms with van der Waals surface area (Å²) in [5.41, 5.74) is 0. The second-order valence-electron chi connectivity index (χ2n) is 3.84. The number of rotatable bonds is 8. The molecule has 0 rings (SSSR count). The van der Waals surface area contributed by atoms with Crippen LogP contribution in [0, 0.1) is 0 Å². The third-order valence-corrected chi connectivity index (χ3v) is 6.64. The van der Waals surface area contributed by atoms with Crippen molar-refractivity contribution in [1.82, 2.24) is 0 Å². The molecule has 0 spiro atoms. The SMILES string of the molecule is CP(=O)(CCC(=O)O)OP(C)(=O)CCC(=O)O. The summed E-state index contributed by atoms with van der Waals surface area (Å²) >= 11 is 0. The molecular formula is C8H16O7P2. The van der Waals surface area contributed by atoms with E-state index in [1.165, 1.54) is 13.3 Å². The first-order chi connectivity index (χ1) is 7.54. The van der Waals surface area contributed by atoms with Gasteiger partial charge >= 0.3 is 11.9 Å². The largest absolute Gasteiger partial charge is 0.481 e. The van der Waals surface area contributed by atoms with Crippen molar-refractivity contribution < 1.29 is 33.2 Å². The Labute approximate surface area is 99.1 Å². The van der Waals surface area contributed by atoms with E-state index in [1.807, 2.05) is 0 Å². The van der Waals surface area contributed by atoms with Crippen LogP contribution in [0.2, 0.25) is 0 Å². The minimum Gasteiger partial charge on any atom is -0.481 e. The Bertz CT molecular complexity index is 353. The van der Waals surface area contributed by atoms with Crippen LogP contribution >= 0.6 is 14.7 Å². The Kier molecular flexibility index (Phi) is 6.10. The number of hydrogen-bond donors (Lipinski definition) is 2. The first-order valence-corrected chi connectivity index (χ1v) is 9.33. The lowest BCUT2D eigenvalue weighted by Gasteiger charge is -2.18. The molecule has 2 unspecified atom stereocenters. The molecule has 0 amide bonds. The summed E-state index contributed by atoms with van der Waals surface area (Å²) in [6.45, 7) is 2.40. The van der Waals surface area contributed by atoms with Gasteiger partial charge in [0.15, 0.2) is 0 Å². The van der Waals surface area contributed by atoms with Gasteiger partial charge in [-0.25, -0.2) is 0 Å². The fraction of sp³-hybridized carbons (Fsp3) is 0.750. The monoisotopic (exact) mass is 286 g/mol. The third-order valence-electron chi connectivity index (χ3n) is 1.81. The standard InChI is InChI=1S/C8H16O7P2/c1-16(13,5-3-7(9)10)15-17(2,14)6-4-8(11)12/h3-6H2,1-2H3,(H,9,10)(H,11,12). The van der Waals surface area contributed by atoms with Crippen LogP contribution in [0.3, 0.4) is 0 Å². The molecule has 0 saturated carbocycles. The first kappa shape index (κ1) is 16.4. The van der Waals surface area contributed by atoms with E-state index in [4.69, 9.17) is 14.5 Å². The van der Waals surface area contributed by atoms with E-state index in [2.05, 4.69) is 0 Å². The molecule has 0 bridgehead atoms. The zero-order chi connectivity index (χ0) is 13.7. The highest BCUT2D eigenvalue weighted by Crippen LogP contribution is 2.60. The summed E-state index contributed by atoms with van der Waals surface area (Å²) < 4.78 is 28.5. The molecule has 0 heterocycles. The van der Waals surface area contributed by atoms with Crippen molar-refractivity contribution in [2.75, 3.05) is 25.7 Å². The molecule has 0 saturated heterocycles. The molecular weight excluding hydrogens is 270 g/mol. The summed E-state index contributed by atoms with van der Waals surface area (Å²) in [5.74, 6) is -2.24. The molecule has 0 aliphatic rings. The van der Waals surface area contributed by atoms with Crippen molar-refractivity contribution in [3.05, 3.63) is 0 Å². The molecule has 0 aromatic heterocycles. The second kappa shape index (κ2) is 6.34. The smallest absolute Gasteiger partial charge is 0.303 e. The maximum atomic E-state index is 11.8. The number of carboxylic acid groups (broad SMARTS) is 2. The van der Waals surface area contributed by atoms with Crippen LogP contribution in [-0.2, 0) is 23.0 Å². The lowest BCUT2D eigenvalue weighted by atomic mass is 10.5. The lowest BCUT2D eigenvalue weighted by Crippen LogP contribution is -2.04. The van der Waals surface area contributed by atoms with Gasteiger partial charge in [0.25, 0.3) is 0 Å². The number of carboxylic acids is 2. The average Bonchev–Trinajstić information content (AvgIpc) is 2.10. The van der Waals surface area contributed by atoms with E-state index in [9.17, 15) is 18.7 Å². The summed E-state index contributed by atoms with van der Waals surface area (Å²) in [6.07, 6.45) is -1.11. The van der Waals surface area contributed by atoms with Crippen LogP contribution in [0.1, 0.15) is 12.8 Å². The van der Waals surface area contributed by atoms with E-state index in [1.54, 1.807) is 0 Å². The van der Waals surface area contributed by atoms with Crippen molar-refractivity contribution in [3.63, 3.8) is 0 Å². The topological polar surface area (TPSA) is 118 Å². The number of carbonyl (C=O) groups is 2. The zero-order valence-electron chi connectivity index (χ0n) is 9.66. The predicted octanol–water partition coefficient (Wildman–Crippen LogP) is 1.77. The van der Waals surface area contributed by atoms with Gasteiger partial charge in [0.05, 0.1) is 12.8 Å². The van der Waals surface area contributed by atoms with Gasteiger partial charge in [0.1, 0.15) is 0 Å². The summed E-state index contributed by atoms with van der Waals surface area (Å²) in [4.78, 5) is 20.6. The van der Waals surface area contributed by atoms with Gasteiger partial charge in [-0.3, -0.25) is 23.0 Å². The van der Waals surface area contributed by atoms with E-state index in [-0.39, 0.29) is 25.2 Å². The molecule has 0 aliphatic carbocycles. The number of aliphatic carboxylic acids is 2. The van der Waals surface area contributed by atoms with E-state index in [0.29, 0.717) is 0 Å².